The van der Waals surface area contributed by atoms with Crippen LogP contribution in [0.15, 0.2) is 48.5 Å². The number of hydrogen-bond donors (Lipinski definition) is 0. The van der Waals surface area contributed by atoms with Crippen LogP contribution in [0.5, 0.6) is 0 Å². The van der Waals surface area contributed by atoms with Gasteiger partial charge in [-0.1, -0.05) is 42.5 Å². The van der Waals surface area contributed by atoms with Crippen molar-refractivity contribution in [2.45, 2.75) is 0 Å². The van der Waals surface area contributed by atoms with Gasteiger partial charge in [0.1, 0.15) is 0 Å². The number of fused-ring (bicyclic) bond motifs is 1. The Kier molecular flexibility index (Phi) is 2.46. The first-order chi connectivity index (χ1) is 8.38. The van der Waals surface area contributed by atoms with Gasteiger partial charge in [-0.15, -0.1) is 11.3 Å². The molecule has 3 heteroatoms. The Hall–Kier alpha value is -2.00. The third kappa shape index (κ3) is 1.74. The van der Waals surface area contributed by atoms with E-state index >= 15 is 0 Å². The van der Waals surface area contributed by atoms with Gasteiger partial charge in [0.25, 0.3) is 0 Å². The number of rotatable bonds is 2. The van der Waals surface area contributed by atoms with E-state index in [1.54, 1.807) is 0 Å². The van der Waals surface area contributed by atoms with Gasteiger partial charge in [0.05, 0.1) is 10.2 Å². The number of hydrogen-bond acceptors (Lipinski definition) is 3. The SMILES string of the molecule is O=Cc1nc2c(-c3ccccc3)cccc2s1. The number of para-hydroxylation sites is 1. The van der Waals surface area contributed by atoms with Crippen molar-refractivity contribution in [3.63, 3.8) is 0 Å². The van der Waals surface area contributed by atoms with Gasteiger partial charge < -0.3 is 0 Å². The van der Waals surface area contributed by atoms with Gasteiger partial charge in [-0.25, -0.2) is 4.98 Å². The molecule has 0 spiro atoms. The standard InChI is InChI=1S/C14H9NOS/c16-9-13-15-14-11(7-4-8-12(14)17-13)10-5-2-1-3-6-10/h1-9H. The van der Waals surface area contributed by atoms with Crippen molar-refractivity contribution in [1.29, 1.82) is 0 Å². The van der Waals surface area contributed by atoms with Crippen molar-refractivity contribution in [2.75, 3.05) is 0 Å². The predicted molar refractivity (Wildman–Crippen MR) is 70.4 cm³/mol. The van der Waals surface area contributed by atoms with E-state index in [1.165, 1.54) is 11.3 Å². The van der Waals surface area contributed by atoms with Gasteiger partial charge in [-0.05, 0) is 11.6 Å². The molecular formula is C14H9NOS. The van der Waals surface area contributed by atoms with Crippen LogP contribution in [0.4, 0.5) is 0 Å². The smallest absolute Gasteiger partial charge is 0.178 e. The lowest BCUT2D eigenvalue weighted by Gasteiger charge is -2.01. The second-order valence-corrected chi connectivity index (χ2v) is 4.75. The summed E-state index contributed by atoms with van der Waals surface area (Å²) >= 11 is 1.43. The first-order valence-electron chi connectivity index (χ1n) is 5.28. The minimum absolute atomic E-state index is 0.531. The minimum Gasteiger partial charge on any atom is -0.295 e. The Bertz CT molecular complexity index is 673. The quantitative estimate of drug-likeness (QED) is 0.637. The Morgan fingerprint density at radius 3 is 2.59 bits per heavy atom. The number of benzene rings is 2. The van der Waals surface area contributed by atoms with Crippen molar-refractivity contribution < 1.29 is 4.79 Å². The molecule has 0 bridgehead atoms. The van der Waals surface area contributed by atoms with Gasteiger partial charge in [0.15, 0.2) is 11.3 Å². The van der Waals surface area contributed by atoms with E-state index in [9.17, 15) is 4.79 Å². The van der Waals surface area contributed by atoms with Gasteiger partial charge in [0.2, 0.25) is 0 Å². The van der Waals surface area contributed by atoms with Crippen LogP contribution in [-0.4, -0.2) is 11.3 Å². The van der Waals surface area contributed by atoms with Crippen LogP contribution in [0, 0.1) is 0 Å². The first kappa shape index (κ1) is 10.2. The van der Waals surface area contributed by atoms with E-state index in [0.29, 0.717) is 5.01 Å². The van der Waals surface area contributed by atoms with E-state index < -0.39 is 0 Å². The van der Waals surface area contributed by atoms with Crippen LogP contribution in [0.1, 0.15) is 9.80 Å². The van der Waals surface area contributed by atoms with Gasteiger partial charge in [0, 0.05) is 5.56 Å². The van der Waals surface area contributed by atoms with Crippen molar-refractivity contribution in [3.8, 4) is 11.1 Å². The number of aldehydes is 1. The zero-order chi connectivity index (χ0) is 11.7. The first-order valence-corrected chi connectivity index (χ1v) is 6.10. The molecule has 17 heavy (non-hydrogen) atoms. The van der Waals surface area contributed by atoms with E-state index in [2.05, 4.69) is 17.1 Å². The van der Waals surface area contributed by atoms with Crippen molar-refractivity contribution in [3.05, 3.63) is 53.5 Å². The molecule has 2 aromatic carbocycles. The number of nitrogens with zero attached hydrogens (tertiary/aromatic N) is 1. The predicted octanol–water partition coefficient (Wildman–Crippen LogP) is 3.78. The van der Waals surface area contributed by atoms with Crippen LogP contribution in [0.3, 0.4) is 0 Å². The summed E-state index contributed by atoms with van der Waals surface area (Å²) in [4.78, 5) is 15.1. The van der Waals surface area contributed by atoms with Crippen LogP contribution >= 0.6 is 11.3 Å². The fourth-order valence-corrected chi connectivity index (χ4v) is 2.68. The monoisotopic (exact) mass is 239 g/mol. The van der Waals surface area contributed by atoms with E-state index in [4.69, 9.17) is 0 Å². The fraction of sp³-hybridized carbons (Fsp3) is 0. The number of aromatic nitrogens is 1. The molecule has 1 heterocycles. The fourth-order valence-electron chi connectivity index (χ4n) is 1.87. The van der Waals surface area contributed by atoms with Crippen molar-refractivity contribution >= 4 is 27.8 Å². The summed E-state index contributed by atoms with van der Waals surface area (Å²) in [7, 11) is 0. The Morgan fingerprint density at radius 2 is 1.82 bits per heavy atom. The molecular weight excluding hydrogens is 230 g/mol. The molecule has 0 aliphatic rings. The molecule has 0 N–H and O–H groups in total. The van der Waals surface area contributed by atoms with Crippen LogP contribution < -0.4 is 0 Å². The summed E-state index contributed by atoms with van der Waals surface area (Å²) in [5.41, 5.74) is 3.11. The molecule has 0 unspecified atom stereocenters. The third-order valence-corrected chi connectivity index (χ3v) is 3.57. The Labute approximate surface area is 103 Å². The second-order valence-electron chi connectivity index (χ2n) is 3.69. The minimum atomic E-state index is 0.531. The van der Waals surface area contributed by atoms with E-state index in [1.807, 2.05) is 36.4 Å². The molecule has 0 radical (unpaired) electrons. The van der Waals surface area contributed by atoms with Crippen molar-refractivity contribution in [2.24, 2.45) is 0 Å². The highest BCUT2D eigenvalue weighted by atomic mass is 32.1. The highest BCUT2D eigenvalue weighted by Crippen LogP contribution is 2.30. The normalized spacial score (nSPS) is 10.6. The highest BCUT2D eigenvalue weighted by Gasteiger charge is 2.08. The maximum absolute atomic E-state index is 10.8. The lowest BCUT2D eigenvalue weighted by atomic mass is 10.1. The molecule has 1 aromatic heterocycles. The average molecular weight is 239 g/mol. The van der Waals surface area contributed by atoms with E-state index in [0.717, 1.165) is 27.6 Å². The Morgan fingerprint density at radius 1 is 1.00 bits per heavy atom. The molecule has 0 atom stereocenters. The summed E-state index contributed by atoms with van der Waals surface area (Å²) in [6.07, 6.45) is 0.805. The molecule has 3 rings (SSSR count). The molecule has 0 aliphatic carbocycles. The molecule has 3 aromatic rings. The van der Waals surface area contributed by atoms with Gasteiger partial charge in [-0.3, -0.25) is 4.79 Å². The molecule has 0 saturated heterocycles. The van der Waals surface area contributed by atoms with Crippen LogP contribution in [0.2, 0.25) is 0 Å². The highest BCUT2D eigenvalue weighted by molar-refractivity contribution is 7.20. The largest absolute Gasteiger partial charge is 0.295 e. The van der Waals surface area contributed by atoms with Gasteiger partial charge in [-0.2, -0.15) is 0 Å². The Balaban J connectivity index is 2.29. The molecule has 2 nitrogen and oxygen atoms in total. The molecule has 0 saturated carbocycles. The summed E-state index contributed by atoms with van der Waals surface area (Å²) in [5.74, 6) is 0. The maximum Gasteiger partial charge on any atom is 0.178 e. The average Bonchev–Trinajstić information content (AvgIpc) is 2.82. The zero-order valence-electron chi connectivity index (χ0n) is 8.96. The number of carbonyl (C=O) groups excluding carboxylic acids is 1. The second kappa shape index (κ2) is 4.11. The summed E-state index contributed by atoms with van der Waals surface area (Å²) in [6, 6.07) is 16.1. The maximum atomic E-state index is 10.8. The van der Waals surface area contributed by atoms with E-state index in [-0.39, 0.29) is 0 Å². The third-order valence-electron chi connectivity index (χ3n) is 2.62. The summed E-state index contributed by atoms with van der Waals surface area (Å²) < 4.78 is 1.05. The lowest BCUT2D eigenvalue weighted by Crippen LogP contribution is -1.80. The van der Waals surface area contributed by atoms with Gasteiger partial charge >= 0.3 is 0 Å². The summed E-state index contributed by atoms with van der Waals surface area (Å²) in [5, 5.41) is 0.531. The zero-order valence-corrected chi connectivity index (χ0v) is 9.78. The van der Waals surface area contributed by atoms with Crippen LogP contribution in [-0.2, 0) is 0 Å². The lowest BCUT2D eigenvalue weighted by molar-refractivity contribution is 0.112. The number of thiazole rings is 1. The molecule has 82 valence electrons. The topological polar surface area (TPSA) is 30.0 Å². The number of carbonyl (C=O) groups is 1. The van der Waals surface area contributed by atoms with Crippen LogP contribution in [0.25, 0.3) is 21.3 Å². The molecule has 0 fully saturated rings. The molecule has 0 aliphatic heterocycles. The molecule has 0 amide bonds. The summed E-state index contributed by atoms with van der Waals surface area (Å²) in [6.45, 7) is 0. The van der Waals surface area contributed by atoms with Crippen molar-refractivity contribution in [1.82, 2.24) is 4.98 Å².